The highest BCUT2D eigenvalue weighted by Crippen LogP contribution is 2.63. The first kappa shape index (κ1) is 16.8. The van der Waals surface area contributed by atoms with Crippen molar-refractivity contribution in [1.29, 1.82) is 0 Å². The summed E-state index contributed by atoms with van der Waals surface area (Å²) in [6.45, 7) is 3.45. The van der Waals surface area contributed by atoms with Crippen LogP contribution in [0.15, 0.2) is 23.5 Å². The Hall–Kier alpha value is -0.160. The molecule has 0 amide bonds. The lowest BCUT2D eigenvalue weighted by molar-refractivity contribution is 0.266. The minimum atomic E-state index is -5.05. The van der Waals surface area contributed by atoms with Gasteiger partial charge in [0.15, 0.2) is 0 Å². The standard InChI is InChI=1S/C6H11O8P3/c1-6(2)4-3-5-16(9,10)14-17(11,12)13-15(7)8/h3-5H,1-2H3,(H2-,7,8,9,10,11,12)/p+1. The fourth-order valence-electron chi connectivity index (χ4n) is 0.622. The average molecular weight is 305 g/mol. The van der Waals surface area contributed by atoms with Gasteiger partial charge >= 0.3 is 23.7 Å². The van der Waals surface area contributed by atoms with Crippen LogP contribution in [-0.2, 0) is 22.3 Å². The van der Waals surface area contributed by atoms with Crippen LogP contribution in [-0.4, -0.2) is 14.7 Å². The predicted octanol–water partition coefficient (Wildman–Crippen LogP) is 2.44. The lowest BCUT2D eigenvalue weighted by Gasteiger charge is -2.07. The van der Waals surface area contributed by atoms with Crippen LogP contribution < -0.4 is 0 Å². The van der Waals surface area contributed by atoms with Gasteiger partial charge < -0.3 is 4.89 Å². The maximum absolute atomic E-state index is 11.2. The third-order valence-electron chi connectivity index (χ3n) is 1.10. The molecule has 0 aliphatic rings. The summed E-state index contributed by atoms with van der Waals surface area (Å²) >= 11 is 0. The highest BCUT2D eigenvalue weighted by atomic mass is 31.3. The quantitative estimate of drug-likeness (QED) is 0.503. The van der Waals surface area contributed by atoms with Gasteiger partial charge in [0.1, 0.15) is 0 Å². The van der Waals surface area contributed by atoms with Gasteiger partial charge in [-0.15, -0.1) is 4.89 Å². The zero-order chi connectivity index (χ0) is 13.7. The van der Waals surface area contributed by atoms with E-state index in [1.165, 1.54) is 6.08 Å². The summed E-state index contributed by atoms with van der Waals surface area (Å²) in [5.41, 5.74) is 0.822. The number of allylic oxidation sites excluding steroid dienone is 3. The largest absolute Gasteiger partial charge is 0.705 e. The van der Waals surface area contributed by atoms with Crippen LogP contribution in [0.25, 0.3) is 0 Å². The van der Waals surface area contributed by atoms with E-state index in [1.807, 2.05) is 0 Å². The molecule has 0 fully saturated rings. The van der Waals surface area contributed by atoms with Crippen molar-refractivity contribution in [3.63, 3.8) is 0 Å². The van der Waals surface area contributed by atoms with Gasteiger partial charge in [0.2, 0.25) is 0 Å². The van der Waals surface area contributed by atoms with Crippen LogP contribution in [0.1, 0.15) is 13.8 Å². The smallest absolute Gasteiger partial charge is 0.321 e. The first-order chi connectivity index (χ1) is 7.54. The second-order valence-electron chi connectivity index (χ2n) is 3.02. The zero-order valence-corrected chi connectivity index (χ0v) is 11.6. The second kappa shape index (κ2) is 6.69. The summed E-state index contributed by atoms with van der Waals surface area (Å²) in [4.78, 5) is 26.1. The topological polar surface area (TPSA) is 130 Å². The number of hydrogen-bond donors (Lipinski definition) is 3. The Morgan fingerprint density at radius 2 is 1.82 bits per heavy atom. The Bertz CT molecular complexity index is 435. The maximum Gasteiger partial charge on any atom is 0.705 e. The highest BCUT2D eigenvalue weighted by molar-refractivity contribution is 7.68. The van der Waals surface area contributed by atoms with Gasteiger partial charge in [-0.25, -0.2) is 8.88 Å². The monoisotopic (exact) mass is 305 g/mol. The van der Waals surface area contributed by atoms with Crippen LogP contribution in [0.4, 0.5) is 0 Å². The van der Waals surface area contributed by atoms with Crippen LogP contribution >= 0.6 is 23.7 Å². The average Bonchev–Trinajstić information content (AvgIpc) is 1.95. The van der Waals surface area contributed by atoms with Crippen molar-refractivity contribution in [3.8, 4) is 0 Å². The Kier molecular flexibility index (Phi) is 6.62. The Morgan fingerprint density at radius 3 is 2.24 bits per heavy atom. The fourth-order valence-corrected chi connectivity index (χ4v) is 3.42. The minimum Gasteiger partial charge on any atom is -0.321 e. The molecule has 8 nitrogen and oxygen atoms in total. The van der Waals surface area contributed by atoms with E-state index >= 15 is 0 Å². The molecule has 0 aliphatic heterocycles. The normalized spacial score (nSPS) is 19.5. The molecule has 17 heavy (non-hydrogen) atoms. The molecule has 0 bridgehead atoms. The Labute approximate surface area is 98.7 Å². The summed E-state index contributed by atoms with van der Waals surface area (Å²) in [6.07, 6.45) is 2.61. The molecule has 3 unspecified atom stereocenters. The van der Waals surface area contributed by atoms with Gasteiger partial charge in [-0.3, -0.25) is 9.46 Å². The SMILES string of the molecule is CC(C)=CC=CP(=O)(O)OP(=O)(O)O[P+](=O)O. The lowest BCUT2D eigenvalue weighted by atomic mass is 10.3. The maximum atomic E-state index is 11.2. The third-order valence-corrected chi connectivity index (χ3v) is 4.79. The van der Waals surface area contributed by atoms with Gasteiger partial charge in [-0.1, -0.05) is 17.7 Å². The van der Waals surface area contributed by atoms with E-state index in [1.54, 1.807) is 13.8 Å². The van der Waals surface area contributed by atoms with Crippen molar-refractivity contribution in [3.05, 3.63) is 23.5 Å². The third kappa shape index (κ3) is 9.53. The number of phosphoric acid groups is 1. The number of hydrogen-bond acceptors (Lipinski definition) is 5. The van der Waals surface area contributed by atoms with Crippen molar-refractivity contribution >= 4 is 23.7 Å². The zero-order valence-electron chi connectivity index (χ0n) is 8.96. The van der Waals surface area contributed by atoms with Crippen LogP contribution in [0.5, 0.6) is 0 Å². The van der Waals surface area contributed by atoms with E-state index < -0.39 is 23.7 Å². The Balaban J connectivity index is 4.71. The first-order valence-electron chi connectivity index (χ1n) is 4.09. The minimum absolute atomic E-state index is 0.649. The molecule has 0 spiro atoms. The van der Waals surface area contributed by atoms with Crippen molar-refractivity contribution in [1.82, 2.24) is 0 Å². The molecule has 98 valence electrons. The molecule has 11 heteroatoms. The van der Waals surface area contributed by atoms with Gasteiger partial charge in [-0.05, 0) is 18.2 Å². The molecule has 0 aromatic carbocycles. The molecule has 0 radical (unpaired) electrons. The summed E-state index contributed by atoms with van der Waals surface area (Å²) in [6, 6.07) is 0. The van der Waals surface area contributed by atoms with Gasteiger partial charge in [-0.2, -0.15) is 0 Å². The van der Waals surface area contributed by atoms with E-state index in [9.17, 15) is 13.7 Å². The molecule has 0 saturated heterocycles. The van der Waals surface area contributed by atoms with Crippen molar-refractivity contribution in [2.24, 2.45) is 0 Å². The van der Waals surface area contributed by atoms with E-state index in [0.29, 0.717) is 5.82 Å². The fraction of sp³-hybridized carbons (Fsp3) is 0.333. The van der Waals surface area contributed by atoms with E-state index in [0.717, 1.165) is 11.6 Å². The molecule has 0 aromatic heterocycles. The molecular weight excluding hydrogens is 293 g/mol. The molecule has 3 N–H and O–H groups in total. The molecular formula is C6H12O8P3+. The summed E-state index contributed by atoms with van der Waals surface area (Å²) in [5.74, 6) is 0.649. The first-order valence-corrected chi connectivity index (χ1v) is 8.36. The van der Waals surface area contributed by atoms with Gasteiger partial charge in [0.05, 0.1) is 0 Å². The van der Waals surface area contributed by atoms with E-state index in [4.69, 9.17) is 14.7 Å². The van der Waals surface area contributed by atoms with Crippen molar-refractivity contribution in [2.75, 3.05) is 0 Å². The molecule has 0 heterocycles. The highest BCUT2D eigenvalue weighted by Gasteiger charge is 2.40. The van der Waals surface area contributed by atoms with Gasteiger partial charge in [0, 0.05) is 10.4 Å². The van der Waals surface area contributed by atoms with Crippen molar-refractivity contribution < 1.29 is 37.0 Å². The molecule has 0 saturated carbocycles. The van der Waals surface area contributed by atoms with E-state index in [2.05, 4.69) is 8.62 Å². The summed E-state index contributed by atoms with van der Waals surface area (Å²) in [7, 11) is -13.0. The summed E-state index contributed by atoms with van der Waals surface area (Å²) in [5, 5.41) is 0. The Morgan fingerprint density at radius 1 is 1.29 bits per heavy atom. The molecule has 3 atom stereocenters. The van der Waals surface area contributed by atoms with E-state index in [-0.39, 0.29) is 0 Å². The summed E-state index contributed by atoms with van der Waals surface area (Å²) < 4.78 is 39.7. The van der Waals surface area contributed by atoms with Crippen LogP contribution in [0, 0.1) is 0 Å². The molecule has 0 aliphatic carbocycles. The second-order valence-corrected chi connectivity index (χ2v) is 7.16. The van der Waals surface area contributed by atoms with Crippen LogP contribution in [0.2, 0.25) is 0 Å². The molecule has 0 aromatic rings. The lowest BCUT2D eigenvalue weighted by Crippen LogP contribution is -1.87. The molecule has 0 rings (SSSR count). The predicted molar refractivity (Wildman–Crippen MR) is 60.2 cm³/mol. The van der Waals surface area contributed by atoms with Gasteiger partial charge in [0.25, 0.3) is 0 Å². The van der Waals surface area contributed by atoms with Crippen molar-refractivity contribution in [2.45, 2.75) is 13.8 Å². The van der Waals surface area contributed by atoms with Crippen LogP contribution in [0.3, 0.4) is 0 Å². The number of rotatable bonds is 6.